The van der Waals surface area contributed by atoms with Crippen LogP contribution in [0.2, 0.25) is 0 Å². The fourth-order valence-corrected chi connectivity index (χ4v) is 2.57. The van der Waals surface area contributed by atoms with Crippen molar-refractivity contribution in [2.45, 2.75) is 13.1 Å². The minimum Gasteiger partial charge on any atom is -0.493 e. The molecule has 0 spiro atoms. The number of alkyl halides is 3. The second kappa shape index (κ2) is 6.67. The third-order valence-electron chi connectivity index (χ3n) is 3.44. The van der Waals surface area contributed by atoms with Gasteiger partial charge in [-0.15, -0.1) is 5.10 Å². The first-order chi connectivity index (χ1) is 11.9. The van der Waals surface area contributed by atoms with Crippen molar-refractivity contribution in [3.8, 4) is 5.75 Å². The molecule has 130 valence electrons. The summed E-state index contributed by atoms with van der Waals surface area (Å²) in [4.78, 5) is 0. The molecule has 3 rings (SSSR count). The molecule has 0 saturated heterocycles. The van der Waals surface area contributed by atoms with E-state index < -0.39 is 12.0 Å². The van der Waals surface area contributed by atoms with Crippen LogP contribution in [0.3, 0.4) is 0 Å². The number of H-pyrrole nitrogens is 1. The molecule has 0 atom stereocenters. The summed E-state index contributed by atoms with van der Waals surface area (Å²) in [6.45, 7) is 2.24. The molecule has 0 amide bonds. The van der Waals surface area contributed by atoms with Crippen LogP contribution >= 0.6 is 12.2 Å². The minimum absolute atomic E-state index is 0.248. The number of rotatable bonds is 4. The number of fused-ring (bicyclic) bond motifs is 1. The van der Waals surface area contributed by atoms with Gasteiger partial charge in [-0.25, -0.2) is 5.10 Å². The van der Waals surface area contributed by atoms with Gasteiger partial charge in [0, 0.05) is 5.56 Å². The van der Waals surface area contributed by atoms with Gasteiger partial charge < -0.3 is 4.74 Å². The Labute approximate surface area is 145 Å². The van der Waals surface area contributed by atoms with Crippen molar-refractivity contribution in [1.82, 2.24) is 14.9 Å². The van der Waals surface area contributed by atoms with E-state index >= 15 is 0 Å². The Kier molecular flexibility index (Phi) is 4.58. The summed E-state index contributed by atoms with van der Waals surface area (Å²) in [5, 5.41) is 10.9. The lowest BCUT2D eigenvalue weighted by molar-refractivity contribution is -0.147. The summed E-state index contributed by atoms with van der Waals surface area (Å²) in [6, 6.07) is 11.1. The van der Waals surface area contributed by atoms with E-state index in [1.807, 2.05) is 37.3 Å². The SMILES string of the molecule is CCOc1ccc2ccccc2c1/C=N\n1c(C(F)(F)F)n[nH]c1=S. The second-order valence-electron chi connectivity index (χ2n) is 5.04. The molecule has 0 radical (unpaired) electrons. The number of hydrogen-bond acceptors (Lipinski definition) is 4. The van der Waals surface area contributed by atoms with Crippen molar-refractivity contribution in [1.29, 1.82) is 0 Å². The lowest BCUT2D eigenvalue weighted by Crippen LogP contribution is -2.13. The topological polar surface area (TPSA) is 55.2 Å². The highest BCUT2D eigenvalue weighted by atomic mass is 32.1. The molecule has 0 unspecified atom stereocenters. The van der Waals surface area contributed by atoms with Gasteiger partial charge >= 0.3 is 6.18 Å². The smallest absolute Gasteiger partial charge is 0.453 e. The summed E-state index contributed by atoms with van der Waals surface area (Å²) in [5.41, 5.74) is 0.566. The number of hydrogen-bond donors (Lipinski definition) is 1. The van der Waals surface area contributed by atoms with Gasteiger partial charge in [-0.3, -0.25) is 0 Å². The Balaban J connectivity index is 2.15. The van der Waals surface area contributed by atoms with Crippen LogP contribution in [0.4, 0.5) is 13.2 Å². The maximum atomic E-state index is 13.0. The lowest BCUT2D eigenvalue weighted by Gasteiger charge is -2.10. The number of benzene rings is 2. The predicted molar refractivity (Wildman–Crippen MR) is 90.5 cm³/mol. The fourth-order valence-electron chi connectivity index (χ4n) is 2.39. The van der Waals surface area contributed by atoms with Crippen molar-refractivity contribution >= 4 is 29.2 Å². The molecule has 1 heterocycles. The standard InChI is InChI=1S/C16H13F3N4OS/c1-2-24-13-8-7-10-5-3-4-6-11(10)12(13)9-20-23-14(16(17,18)19)21-22-15(23)25/h3-9H,2H2,1H3,(H,22,25)/b20-9-. The van der Waals surface area contributed by atoms with Crippen molar-refractivity contribution in [2.24, 2.45) is 5.10 Å². The predicted octanol–water partition coefficient (Wildman–Crippen LogP) is 4.39. The van der Waals surface area contributed by atoms with E-state index in [2.05, 4.69) is 15.3 Å². The molecular weight excluding hydrogens is 353 g/mol. The number of nitrogens with zero attached hydrogens (tertiary/aromatic N) is 3. The molecule has 1 aromatic heterocycles. The maximum Gasteiger partial charge on any atom is 0.453 e. The monoisotopic (exact) mass is 366 g/mol. The van der Waals surface area contributed by atoms with Crippen molar-refractivity contribution < 1.29 is 17.9 Å². The fraction of sp³-hybridized carbons (Fsp3) is 0.188. The molecule has 5 nitrogen and oxygen atoms in total. The highest BCUT2D eigenvalue weighted by Crippen LogP contribution is 2.29. The molecule has 0 bridgehead atoms. The summed E-state index contributed by atoms with van der Waals surface area (Å²) in [7, 11) is 0. The Hall–Kier alpha value is -2.68. The van der Waals surface area contributed by atoms with Crippen LogP contribution in [-0.4, -0.2) is 27.7 Å². The van der Waals surface area contributed by atoms with E-state index in [0.29, 0.717) is 22.6 Å². The van der Waals surface area contributed by atoms with Crippen molar-refractivity contribution in [3.05, 3.63) is 52.6 Å². The number of halogens is 3. The van der Waals surface area contributed by atoms with Gasteiger partial charge in [0.2, 0.25) is 4.77 Å². The largest absolute Gasteiger partial charge is 0.493 e. The van der Waals surface area contributed by atoms with Crippen LogP contribution in [0.1, 0.15) is 18.3 Å². The maximum absolute atomic E-state index is 13.0. The zero-order valence-electron chi connectivity index (χ0n) is 13.0. The molecule has 0 aliphatic heterocycles. The van der Waals surface area contributed by atoms with Crippen LogP contribution in [-0.2, 0) is 6.18 Å². The Bertz CT molecular complexity index is 991. The molecule has 0 saturated carbocycles. The van der Waals surface area contributed by atoms with Crippen LogP contribution in [0.25, 0.3) is 10.8 Å². The van der Waals surface area contributed by atoms with Gasteiger partial charge in [0.05, 0.1) is 12.8 Å². The lowest BCUT2D eigenvalue weighted by atomic mass is 10.0. The first-order valence-electron chi connectivity index (χ1n) is 7.35. The molecule has 9 heteroatoms. The van der Waals surface area contributed by atoms with E-state index in [1.165, 1.54) is 6.21 Å². The Morgan fingerprint density at radius 3 is 2.76 bits per heavy atom. The number of aromatic amines is 1. The van der Waals surface area contributed by atoms with E-state index in [1.54, 1.807) is 6.07 Å². The van der Waals surface area contributed by atoms with Crippen LogP contribution in [0.15, 0.2) is 41.5 Å². The van der Waals surface area contributed by atoms with Gasteiger partial charge in [0.25, 0.3) is 5.82 Å². The third-order valence-corrected chi connectivity index (χ3v) is 3.70. The molecular formula is C16H13F3N4OS. The first-order valence-corrected chi connectivity index (χ1v) is 7.76. The zero-order chi connectivity index (χ0) is 18.0. The number of nitrogens with one attached hydrogen (secondary N) is 1. The minimum atomic E-state index is -4.67. The van der Waals surface area contributed by atoms with E-state index in [9.17, 15) is 13.2 Å². The van der Waals surface area contributed by atoms with Gasteiger partial charge in [-0.1, -0.05) is 30.3 Å². The molecule has 25 heavy (non-hydrogen) atoms. The Morgan fingerprint density at radius 2 is 2.04 bits per heavy atom. The van der Waals surface area contributed by atoms with Crippen molar-refractivity contribution in [3.63, 3.8) is 0 Å². The molecule has 2 aromatic carbocycles. The van der Waals surface area contributed by atoms with Crippen LogP contribution < -0.4 is 4.74 Å². The number of ether oxygens (including phenoxy) is 1. The summed E-state index contributed by atoms with van der Waals surface area (Å²) in [6.07, 6.45) is -3.37. The molecule has 0 aliphatic rings. The van der Waals surface area contributed by atoms with Gasteiger partial charge in [0.1, 0.15) is 5.75 Å². The van der Waals surface area contributed by atoms with E-state index in [4.69, 9.17) is 17.0 Å². The highest BCUT2D eigenvalue weighted by molar-refractivity contribution is 7.71. The molecule has 0 aliphatic carbocycles. The average molecular weight is 366 g/mol. The summed E-state index contributed by atoms with van der Waals surface area (Å²) >= 11 is 4.84. The average Bonchev–Trinajstić information content (AvgIpc) is 2.95. The van der Waals surface area contributed by atoms with Crippen molar-refractivity contribution in [2.75, 3.05) is 6.61 Å². The highest BCUT2D eigenvalue weighted by Gasteiger charge is 2.37. The van der Waals surface area contributed by atoms with Gasteiger partial charge in [0.15, 0.2) is 0 Å². The van der Waals surface area contributed by atoms with E-state index in [0.717, 1.165) is 10.8 Å². The normalized spacial score (nSPS) is 12.2. The number of aromatic nitrogens is 3. The summed E-state index contributed by atoms with van der Waals surface area (Å²) in [5.74, 6) is -0.694. The van der Waals surface area contributed by atoms with Gasteiger partial charge in [-0.2, -0.15) is 22.9 Å². The quantitative estimate of drug-likeness (QED) is 0.550. The van der Waals surface area contributed by atoms with Gasteiger partial charge in [-0.05, 0) is 36.0 Å². The molecule has 0 fully saturated rings. The first kappa shape index (κ1) is 17.2. The molecule has 1 N–H and O–H groups in total. The van der Waals surface area contributed by atoms with Crippen LogP contribution in [0, 0.1) is 4.77 Å². The summed E-state index contributed by atoms with van der Waals surface area (Å²) < 4.78 is 44.8. The van der Waals surface area contributed by atoms with Crippen LogP contribution in [0.5, 0.6) is 5.75 Å². The second-order valence-corrected chi connectivity index (χ2v) is 5.42. The zero-order valence-corrected chi connectivity index (χ0v) is 13.9. The Morgan fingerprint density at radius 1 is 1.28 bits per heavy atom. The van der Waals surface area contributed by atoms with E-state index in [-0.39, 0.29) is 4.77 Å². The third kappa shape index (κ3) is 3.41. The molecule has 3 aromatic rings.